The van der Waals surface area contributed by atoms with Crippen LogP contribution >= 0.6 is 0 Å². The maximum atomic E-state index is 13.9. The first-order valence-corrected chi connectivity index (χ1v) is 13.5. The number of allylic oxidation sites excluding steroid dienone is 1. The molecular weight excluding hydrogens is 500 g/mol. The molecule has 1 heterocycles. The van der Waals surface area contributed by atoms with E-state index in [0.717, 1.165) is 51.5 Å². The fourth-order valence-corrected chi connectivity index (χ4v) is 5.58. The molecule has 0 unspecified atom stereocenters. The Morgan fingerprint density at radius 1 is 0.750 bits per heavy atom. The van der Waals surface area contributed by atoms with Crippen LogP contribution in [-0.4, -0.2) is 20.0 Å². The predicted octanol–water partition coefficient (Wildman–Crippen LogP) is 7.26. The molecule has 4 aromatic carbocycles. The Bertz CT molecular complexity index is 1550. The van der Waals surface area contributed by atoms with E-state index < -0.39 is 0 Å². The van der Waals surface area contributed by atoms with Gasteiger partial charge in [-0.3, -0.25) is 4.79 Å². The summed E-state index contributed by atoms with van der Waals surface area (Å²) >= 11 is 0. The standard InChI is InChI=1S/C34H32N2O4/c1-38-26-15-12-23(13-16-26)25-18-29-33(30(37)19-25)34(36-28-11-7-6-10-27(28)35-29)24-14-17-31(39-2)32(20-24)40-21-22-8-4-3-5-9-22/h3-17,20,25,34-36H,18-19,21H2,1-2H3/t25-,34-/m0/s1. The fraction of sp³-hybridized carbons (Fsp3) is 0.206. The second-order valence-electron chi connectivity index (χ2n) is 10.1. The van der Waals surface area contributed by atoms with Crippen molar-refractivity contribution in [3.8, 4) is 17.2 Å². The predicted molar refractivity (Wildman–Crippen MR) is 157 cm³/mol. The third-order valence-electron chi connectivity index (χ3n) is 7.65. The number of anilines is 2. The number of fused-ring (bicyclic) bond motifs is 1. The highest BCUT2D eigenvalue weighted by molar-refractivity contribution is 6.01. The zero-order valence-electron chi connectivity index (χ0n) is 22.6. The average Bonchev–Trinajstić information content (AvgIpc) is 3.17. The first-order chi connectivity index (χ1) is 19.6. The van der Waals surface area contributed by atoms with Crippen molar-refractivity contribution in [2.24, 2.45) is 0 Å². The van der Waals surface area contributed by atoms with Crippen molar-refractivity contribution in [1.82, 2.24) is 0 Å². The molecule has 6 nitrogen and oxygen atoms in total. The first-order valence-electron chi connectivity index (χ1n) is 13.5. The summed E-state index contributed by atoms with van der Waals surface area (Å²) < 4.78 is 17.2. The van der Waals surface area contributed by atoms with Gasteiger partial charge in [-0.1, -0.05) is 60.7 Å². The van der Waals surface area contributed by atoms with E-state index >= 15 is 0 Å². The van der Waals surface area contributed by atoms with Gasteiger partial charge in [-0.05, 0) is 65.4 Å². The van der Waals surface area contributed by atoms with E-state index in [1.165, 1.54) is 0 Å². The van der Waals surface area contributed by atoms with Crippen LogP contribution in [0, 0.1) is 0 Å². The van der Waals surface area contributed by atoms with E-state index in [4.69, 9.17) is 14.2 Å². The molecule has 0 bridgehead atoms. The number of benzene rings is 4. The van der Waals surface area contributed by atoms with E-state index in [0.29, 0.717) is 24.5 Å². The lowest BCUT2D eigenvalue weighted by Gasteiger charge is -2.30. The third-order valence-corrected chi connectivity index (χ3v) is 7.65. The quantitative estimate of drug-likeness (QED) is 0.261. The summed E-state index contributed by atoms with van der Waals surface area (Å²) in [6.45, 7) is 0.416. The number of para-hydroxylation sites is 2. The van der Waals surface area contributed by atoms with Crippen LogP contribution in [0.2, 0.25) is 0 Å². The summed E-state index contributed by atoms with van der Waals surface area (Å²) in [5.41, 5.74) is 6.74. The topological polar surface area (TPSA) is 68.8 Å². The number of nitrogens with one attached hydrogen (secondary N) is 2. The summed E-state index contributed by atoms with van der Waals surface area (Å²) in [6.07, 6.45) is 1.17. The minimum atomic E-state index is -0.347. The molecule has 0 amide bonds. The second-order valence-corrected chi connectivity index (χ2v) is 10.1. The van der Waals surface area contributed by atoms with Crippen molar-refractivity contribution in [3.63, 3.8) is 0 Å². The van der Waals surface area contributed by atoms with Crippen LogP contribution in [0.1, 0.15) is 41.5 Å². The van der Waals surface area contributed by atoms with E-state index in [2.05, 4.69) is 22.8 Å². The summed E-state index contributed by atoms with van der Waals surface area (Å²) in [5.74, 6) is 2.30. The molecule has 2 atom stereocenters. The number of rotatable bonds is 7. The van der Waals surface area contributed by atoms with Crippen LogP contribution in [0.15, 0.2) is 108 Å². The van der Waals surface area contributed by atoms with Crippen LogP contribution in [0.3, 0.4) is 0 Å². The van der Waals surface area contributed by atoms with E-state index in [-0.39, 0.29) is 17.7 Å². The van der Waals surface area contributed by atoms with Gasteiger partial charge in [-0.2, -0.15) is 0 Å². The van der Waals surface area contributed by atoms with Gasteiger partial charge in [-0.15, -0.1) is 0 Å². The average molecular weight is 533 g/mol. The highest BCUT2D eigenvalue weighted by atomic mass is 16.5. The summed E-state index contributed by atoms with van der Waals surface area (Å²) in [4.78, 5) is 13.9. The lowest BCUT2D eigenvalue weighted by molar-refractivity contribution is -0.116. The molecule has 1 aliphatic carbocycles. The molecule has 4 aromatic rings. The number of carbonyl (C=O) groups excluding carboxylic acids is 1. The number of carbonyl (C=O) groups is 1. The van der Waals surface area contributed by atoms with E-state index in [9.17, 15) is 4.79 Å². The number of hydrogen-bond acceptors (Lipinski definition) is 6. The summed E-state index contributed by atoms with van der Waals surface area (Å²) in [5, 5.41) is 7.27. The lowest BCUT2D eigenvalue weighted by atomic mass is 9.78. The van der Waals surface area contributed by atoms with Crippen molar-refractivity contribution in [2.45, 2.75) is 31.4 Å². The first kappa shape index (κ1) is 25.6. The molecule has 0 saturated heterocycles. The minimum Gasteiger partial charge on any atom is -0.497 e. The molecule has 6 heteroatoms. The molecule has 1 aliphatic heterocycles. The molecule has 0 spiro atoms. The Morgan fingerprint density at radius 3 is 2.23 bits per heavy atom. The number of ketones is 1. The molecule has 0 saturated carbocycles. The normalized spacial score (nSPS) is 18.0. The maximum absolute atomic E-state index is 13.9. The second kappa shape index (κ2) is 11.2. The summed E-state index contributed by atoms with van der Waals surface area (Å²) in [6, 6.07) is 31.7. The van der Waals surface area contributed by atoms with Crippen LogP contribution in [-0.2, 0) is 11.4 Å². The maximum Gasteiger partial charge on any atom is 0.163 e. The van der Waals surface area contributed by atoms with Gasteiger partial charge in [0.05, 0.1) is 31.6 Å². The number of Topliss-reactive ketones (excluding diaryl/α,β-unsaturated/α-hetero) is 1. The van der Waals surface area contributed by atoms with Crippen LogP contribution in [0.25, 0.3) is 0 Å². The van der Waals surface area contributed by atoms with Gasteiger partial charge < -0.3 is 24.8 Å². The van der Waals surface area contributed by atoms with E-state index in [1.54, 1.807) is 14.2 Å². The van der Waals surface area contributed by atoms with Crippen molar-refractivity contribution in [3.05, 3.63) is 125 Å². The van der Waals surface area contributed by atoms with Gasteiger partial charge in [0.15, 0.2) is 17.3 Å². The highest BCUT2D eigenvalue weighted by Crippen LogP contribution is 2.45. The molecule has 2 N–H and O–H groups in total. The van der Waals surface area contributed by atoms with Gasteiger partial charge in [0.1, 0.15) is 12.4 Å². The Morgan fingerprint density at radius 2 is 1.48 bits per heavy atom. The van der Waals surface area contributed by atoms with Crippen LogP contribution in [0.5, 0.6) is 17.2 Å². The lowest BCUT2D eigenvalue weighted by Crippen LogP contribution is -2.26. The van der Waals surface area contributed by atoms with Gasteiger partial charge in [0.2, 0.25) is 0 Å². The van der Waals surface area contributed by atoms with Gasteiger partial charge in [0, 0.05) is 17.7 Å². The Balaban J connectivity index is 1.38. The van der Waals surface area contributed by atoms with Gasteiger partial charge >= 0.3 is 0 Å². The SMILES string of the molecule is COc1ccc([C@@H]2CC(=O)C3=C(C2)Nc2ccccc2N[C@H]3c2ccc(OC)c(OCc3ccccc3)c2)cc1. The van der Waals surface area contributed by atoms with E-state index in [1.807, 2.05) is 84.9 Å². The molecule has 40 heavy (non-hydrogen) atoms. The third kappa shape index (κ3) is 5.13. The van der Waals surface area contributed by atoms with Crippen molar-refractivity contribution >= 4 is 17.2 Å². The monoisotopic (exact) mass is 532 g/mol. The smallest absolute Gasteiger partial charge is 0.163 e. The molecular formula is C34H32N2O4. The summed E-state index contributed by atoms with van der Waals surface area (Å²) in [7, 11) is 3.30. The van der Waals surface area contributed by atoms with Crippen LogP contribution < -0.4 is 24.8 Å². The molecule has 0 fully saturated rings. The minimum absolute atomic E-state index is 0.0798. The molecule has 0 aromatic heterocycles. The van der Waals surface area contributed by atoms with Crippen LogP contribution in [0.4, 0.5) is 11.4 Å². The highest BCUT2D eigenvalue weighted by Gasteiger charge is 2.36. The Hall–Kier alpha value is -4.71. The molecule has 0 radical (unpaired) electrons. The molecule has 2 aliphatic rings. The van der Waals surface area contributed by atoms with Gasteiger partial charge in [-0.25, -0.2) is 0 Å². The van der Waals surface area contributed by atoms with Crippen molar-refractivity contribution in [1.29, 1.82) is 0 Å². The molecule has 6 rings (SSSR count). The van der Waals surface area contributed by atoms with Crippen molar-refractivity contribution in [2.75, 3.05) is 24.9 Å². The Kier molecular flexibility index (Phi) is 7.15. The largest absolute Gasteiger partial charge is 0.497 e. The number of hydrogen-bond donors (Lipinski definition) is 2. The number of ether oxygens (including phenoxy) is 3. The molecule has 202 valence electrons. The Labute approximate surface area is 234 Å². The number of methoxy groups -OCH3 is 2. The van der Waals surface area contributed by atoms with Gasteiger partial charge in [0.25, 0.3) is 0 Å². The zero-order chi connectivity index (χ0) is 27.5. The van der Waals surface area contributed by atoms with Crippen molar-refractivity contribution < 1.29 is 19.0 Å². The zero-order valence-corrected chi connectivity index (χ0v) is 22.6. The fourth-order valence-electron chi connectivity index (χ4n) is 5.58.